The van der Waals surface area contributed by atoms with E-state index in [1.807, 2.05) is 12.1 Å². The molecule has 2 aromatic carbocycles. The van der Waals surface area contributed by atoms with Crippen molar-refractivity contribution in [3.63, 3.8) is 0 Å². The van der Waals surface area contributed by atoms with Crippen molar-refractivity contribution in [2.45, 2.75) is 34.6 Å². The molecule has 0 atom stereocenters. The third-order valence-corrected chi connectivity index (χ3v) is 6.79. The highest BCUT2D eigenvalue weighted by Crippen LogP contribution is 2.32. The molecular weight excluding hydrogens is 416 g/mol. The Morgan fingerprint density at radius 2 is 1.31 bits per heavy atom. The van der Waals surface area contributed by atoms with Gasteiger partial charge in [-0.15, -0.1) is 0 Å². The van der Waals surface area contributed by atoms with E-state index in [2.05, 4.69) is 90.6 Å². The molecule has 32 heavy (non-hydrogen) atoms. The molecule has 0 aliphatic carbocycles. The molecule has 0 N–H and O–H groups in total. The maximum atomic E-state index is 6.17. The molecule has 4 nitrogen and oxygen atoms in total. The quantitative estimate of drug-likeness (QED) is 0.339. The first-order chi connectivity index (χ1) is 15.5. The molecule has 0 spiro atoms. The van der Waals surface area contributed by atoms with E-state index in [-0.39, 0.29) is 0 Å². The van der Waals surface area contributed by atoms with Gasteiger partial charge < -0.3 is 14.8 Å². The summed E-state index contributed by atoms with van der Waals surface area (Å²) >= 11 is 6.17. The van der Waals surface area contributed by atoms with Gasteiger partial charge in [-0.3, -0.25) is 4.68 Å². The number of aromatic nitrogens is 1. The highest BCUT2D eigenvalue weighted by Gasteiger charge is 2.16. The summed E-state index contributed by atoms with van der Waals surface area (Å²) < 4.78 is 2.39. The lowest BCUT2D eigenvalue weighted by Crippen LogP contribution is -2.45. The molecule has 0 aliphatic heterocycles. The fourth-order valence-corrected chi connectivity index (χ4v) is 4.47. The summed E-state index contributed by atoms with van der Waals surface area (Å²) in [6, 6.07) is 15.0. The second-order valence-corrected chi connectivity index (χ2v) is 8.86. The molecule has 1 heterocycles. The molecule has 3 rings (SSSR count). The zero-order valence-corrected chi connectivity index (χ0v) is 21.2. The number of hydrogen-bond acceptors (Lipinski definition) is 3. The van der Waals surface area contributed by atoms with Crippen LogP contribution in [0.3, 0.4) is 0 Å². The van der Waals surface area contributed by atoms with Crippen LogP contribution in [-0.4, -0.2) is 66.8 Å². The molecule has 0 radical (unpaired) electrons. The van der Waals surface area contributed by atoms with Gasteiger partial charge in [-0.1, -0.05) is 63.1 Å². The minimum absolute atomic E-state index is 0.772. The molecule has 1 aromatic heterocycles. The zero-order chi connectivity index (χ0) is 23.1. The van der Waals surface area contributed by atoms with E-state index >= 15 is 0 Å². The molecule has 0 unspecified atom stereocenters. The summed E-state index contributed by atoms with van der Waals surface area (Å²) in [4.78, 5) is 5.00. The normalized spacial score (nSPS) is 11.8. The van der Waals surface area contributed by atoms with Crippen molar-refractivity contribution in [3.05, 3.63) is 59.2 Å². The van der Waals surface area contributed by atoms with Crippen LogP contribution in [0.4, 0.5) is 0 Å². The van der Waals surface area contributed by atoms with Gasteiger partial charge >= 0.3 is 0 Å². The smallest absolute Gasteiger partial charge is 0.0701 e. The van der Waals surface area contributed by atoms with Crippen molar-refractivity contribution in [1.82, 2.24) is 14.5 Å². The molecule has 0 saturated heterocycles. The number of aryl methyl sites for hydroxylation is 1. The minimum atomic E-state index is 0.772. The highest BCUT2D eigenvalue weighted by molar-refractivity contribution is 6.30. The lowest BCUT2D eigenvalue weighted by Gasteiger charge is -2.31. The van der Waals surface area contributed by atoms with E-state index < -0.39 is 0 Å². The molecule has 0 fully saturated rings. The molecule has 174 valence electrons. The first-order valence-corrected chi connectivity index (χ1v) is 12.5. The Morgan fingerprint density at radius 1 is 0.750 bits per heavy atom. The summed E-state index contributed by atoms with van der Waals surface area (Å²) in [7, 11) is 0. The average Bonchev–Trinajstić information content (AvgIpc) is 3.17. The summed E-state index contributed by atoms with van der Waals surface area (Å²) in [6.45, 7) is 19.6. The molecule has 0 saturated carbocycles. The van der Waals surface area contributed by atoms with Crippen molar-refractivity contribution in [2.24, 2.45) is 0 Å². The molecule has 5 heteroatoms. The Labute approximate surface area is 199 Å². The van der Waals surface area contributed by atoms with Crippen molar-refractivity contribution < 1.29 is 0 Å². The van der Waals surface area contributed by atoms with Gasteiger partial charge in [-0.05, 0) is 62.9 Å². The fourth-order valence-electron chi connectivity index (χ4n) is 4.34. The van der Waals surface area contributed by atoms with Gasteiger partial charge in [0.1, 0.15) is 0 Å². The lowest BCUT2D eigenvalue weighted by molar-refractivity contribution is 0.282. The molecule has 3 aromatic rings. The van der Waals surface area contributed by atoms with E-state index in [0.29, 0.717) is 0 Å². The lowest BCUT2D eigenvalue weighted by atomic mass is 10.0. The topological polar surface area (TPSA) is 14.7 Å². The van der Waals surface area contributed by atoms with Crippen LogP contribution >= 0.6 is 11.6 Å². The van der Waals surface area contributed by atoms with E-state index in [4.69, 9.17) is 11.6 Å². The first kappa shape index (κ1) is 24.6. The zero-order valence-electron chi connectivity index (χ0n) is 20.4. The van der Waals surface area contributed by atoms with Gasteiger partial charge in [0, 0.05) is 48.3 Å². The summed E-state index contributed by atoms with van der Waals surface area (Å²) in [6.07, 6.45) is 2.32. The van der Waals surface area contributed by atoms with Crippen molar-refractivity contribution in [3.8, 4) is 11.1 Å². The number of fused-ring (bicyclic) bond motifs is 1. The molecular formula is C27H39ClN4. The van der Waals surface area contributed by atoms with Crippen LogP contribution in [0.5, 0.6) is 0 Å². The summed E-state index contributed by atoms with van der Waals surface area (Å²) in [5.41, 5.74) is 5.01. The Balaban J connectivity index is 2.02. The van der Waals surface area contributed by atoms with Gasteiger partial charge in [0.25, 0.3) is 0 Å². The van der Waals surface area contributed by atoms with Gasteiger partial charge in [-0.25, -0.2) is 0 Å². The number of halogens is 1. The van der Waals surface area contributed by atoms with Crippen LogP contribution in [0.2, 0.25) is 5.02 Å². The van der Waals surface area contributed by atoms with Gasteiger partial charge in [0.2, 0.25) is 0 Å². The number of rotatable bonds is 12. The van der Waals surface area contributed by atoms with Crippen LogP contribution in [0.1, 0.15) is 33.3 Å². The number of hydrogen-bond donors (Lipinski definition) is 0. The molecule has 0 amide bonds. The van der Waals surface area contributed by atoms with E-state index in [9.17, 15) is 0 Å². The third-order valence-electron chi connectivity index (χ3n) is 6.54. The summed E-state index contributed by atoms with van der Waals surface area (Å²) in [5, 5.41) is 4.59. The van der Waals surface area contributed by atoms with Crippen LogP contribution in [-0.2, 0) is 0 Å². The van der Waals surface area contributed by atoms with Crippen molar-refractivity contribution in [2.75, 3.05) is 57.4 Å². The Bertz CT molecular complexity index is 955. The van der Waals surface area contributed by atoms with E-state index in [0.717, 1.165) is 57.4 Å². The number of likely N-dealkylation sites (N-methyl/N-ethyl adjacent to an activating group) is 2. The average molecular weight is 455 g/mol. The van der Waals surface area contributed by atoms with Gasteiger partial charge in [0.15, 0.2) is 0 Å². The minimum Gasteiger partial charge on any atom is -0.310 e. The maximum Gasteiger partial charge on any atom is 0.0701 e. The monoisotopic (exact) mass is 454 g/mol. The predicted molar refractivity (Wildman–Crippen MR) is 141 cm³/mol. The predicted octanol–water partition coefficient (Wildman–Crippen LogP) is 5.89. The summed E-state index contributed by atoms with van der Waals surface area (Å²) in [5.74, 6) is 0. The molecule has 0 bridgehead atoms. The third kappa shape index (κ3) is 5.86. The fraction of sp³-hybridized carbons (Fsp3) is 0.481. The Morgan fingerprint density at radius 3 is 1.84 bits per heavy atom. The SMILES string of the molecule is CCN(CC)CCN(CCN(CC)CC)n1cc(-c2ccc(Cl)cc2)c2cc(C)ccc21. The largest absolute Gasteiger partial charge is 0.310 e. The van der Waals surface area contributed by atoms with E-state index in [1.54, 1.807) is 0 Å². The number of benzene rings is 2. The Kier molecular flexibility index (Phi) is 9.03. The van der Waals surface area contributed by atoms with E-state index in [1.165, 1.54) is 27.6 Å². The van der Waals surface area contributed by atoms with Gasteiger partial charge in [0.05, 0.1) is 5.52 Å². The Hall–Kier alpha value is -2.01. The van der Waals surface area contributed by atoms with Crippen LogP contribution in [0.15, 0.2) is 48.7 Å². The van der Waals surface area contributed by atoms with Crippen LogP contribution in [0.25, 0.3) is 22.0 Å². The molecule has 0 aliphatic rings. The second-order valence-electron chi connectivity index (χ2n) is 8.42. The highest BCUT2D eigenvalue weighted by atomic mass is 35.5. The van der Waals surface area contributed by atoms with Crippen molar-refractivity contribution >= 4 is 22.5 Å². The van der Waals surface area contributed by atoms with Crippen molar-refractivity contribution in [1.29, 1.82) is 0 Å². The first-order valence-electron chi connectivity index (χ1n) is 12.1. The standard InChI is InChI=1S/C27H39ClN4/c1-6-29(7-2)16-18-31(19-17-30(8-3)9-4)32-21-26(23-11-13-24(28)14-12-23)25-20-22(5)10-15-27(25)32/h10-15,20-21H,6-9,16-19H2,1-5H3. The van der Waals surface area contributed by atoms with Crippen LogP contribution in [0, 0.1) is 6.92 Å². The van der Waals surface area contributed by atoms with Gasteiger partial charge in [-0.2, -0.15) is 0 Å². The number of nitrogens with zero attached hydrogens (tertiary/aromatic N) is 4. The maximum absolute atomic E-state index is 6.17. The second kappa shape index (κ2) is 11.7. The van der Waals surface area contributed by atoms with Crippen LogP contribution < -0.4 is 5.01 Å².